The monoisotopic (exact) mass is 452 g/mol. The Morgan fingerprint density at radius 2 is 1.56 bits per heavy atom. The Hall–Kier alpha value is -4.19. The van der Waals surface area contributed by atoms with Crippen molar-refractivity contribution in [2.75, 3.05) is 24.6 Å². The van der Waals surface area contributed by atoms with Gasteiger partial charge in [0.25, 0.3) is 5.91 Å². The third kappa shape index (κ3) is 5.98. The molecule has 0 bridgehead atoms. The number of anilines is 1. The van der Waals surface area contributed by atoms with E-state index in [4.69, 9.17) is 9.72 Å². The quantitative estimate of drug-likeness (QED) is 0.344. The Morgan fingerprint density at radius 3 is 2.24 bits per heavy atom. The molecule has 0 saturated carbocycles. The van der Waals surface area contributed by atoms with Crippen LogP contribution in [0.5, 0.6) is 5.75 Å². The molecule has 0 spiro atoms. The van der Waals surface area contributed by atoms with Crippen molar-refractivity contribution in [3.8, 4) is 17.0 Å². The molecule has 1 aromatic heterocycles. The summed E-state index contributed by atoms with van der Waals surface area (Å²) in [6.45, 7) is 4.25. The number of amides is 1. The predicted molar refractivity (Wildman–Crippen MR) is 135 cm³/mol. The zero-order chi connectivity index (χ0) is 23.6. The van der Waals surface area contributed by atoms with Crippen LogP contribution in [0.15, 0.2) is 97.2 Å². The molecule has 0 aliphatic carbocycles. The van der Waals surface area contributed by atoms with Crippen LogP contribution in [-0.4, -0.2) is 35.6 Å². The molecule has 0 radical (unpaired) electrons. The van der Waals surface area contributed by atoms with E-state index in [1.807, 2.05) is 78.9 Å². The van der Waals surface area contributed by atoms with Gasteiger partial charge < -0.3 is 15.0 Å². The van der Waals surface area contributed by atoms with E-state index in [2.05, 4.69) is 34.3 Å². The number of ether oxygens (including phenoxy) is 1. The number of hydrogen-bond donors (Lipinski definition) is 1. The van der Waals surface area contributed by atoms with Gasteiger partial charge in [0.15, 0.2) is 0 Å². The molecule has 0 saturated heterocycles. The second-order valence-corrected chi connectivity index (χ2v) is 7.72. The maximum atomic E-state index is 13.0. The fraction of sp³-hybridized carbons (Fsp3) is 0.179. The maximum Gasteiger partial charge on any atom is 0.255 e. The van der Waals surface area contributed by atoms with E-state index in [-0.39, 0.29) is 5.91 Å². The minimum atomic E-state index is -0.229. The van der Waals surface area contributed by atoms with Crippen LogP contribution in [0.3, 0.4) is 0 Å². The van der Waals surface area contributed by atoms with E-state index >= 15 is 0 Å². The predicted octanol–water partition coefficient (Wildman–Crippen LogP) is 4.98. The molecule has 0 atom stereocenters. The van der Waals surface area contributed by atoms with Crippen LogP contribution in [0.4, 0.5) is 5.95 Å². The first-order valence-electron chi connectivity index (χ1n) is 11.4. The molecule has 34 heavy (non-hydrogen) atoms. The van der Waals surface area contributed by atoms with Crippen LogP contribution < -0.4 is 15.0 Å². The topological polar surface area (TPSA) is 67.4 Å². The lowest BCUT2D eigenvalue weighted by atomic mass is 10.1. The third-order valence-corrected chi connectivity index (χ3v) is 5.35. The van der Waals surface area contributed by atoms with Gasteiger partial charge in [-0.25, -0.2) is 9.97 Å². The molecule has 1 heterocycles. The number of nitrogens with zero attached hydrogens (tertiary/aromatic N) is 3. The van der Waals surface area contributed by atoms with Crippen molar-refractivity contribution in [3.63, 3.8) is 0 Å². The summed E-state index contributed by atoms with van der Waals surface area (Å²) in [5.74, 6) is 1.13. The Bertz CT molecular complexity index is 1180. The summed E-state index contributed by atoms with van der Waals surface area (Å²) in [5.41, 5.74) is 3.09. The Labute approximate surface area is 200 Å². The molecule has 6 nitrogen and oxygen atoms in total. The molecule has 6 heteroatoms. The second-order valence-electron chi connectivity index (χ2n) is 7.72. The standard InChI is InChI=1S/C28H28N4O2/c1-2-32(21-22-12-6-3-7-13-22)28-30-20-25(26(31-28)23-14-8-4-9-15-23)27(33)29-18-19-34-24-16-10-5-11-17-24/h3-17,20H,2,18-19,21H2,1H3,(H,29,33). The summed E-state index contributed by atoms with van der Waals surface area (Å²) < 4.78 is 5.68. The molecule has 0 aliphatic rings. The third-order valence-electron chi connectivity index (χ3n) is 5.35. The molecule has 172 valence electrons. The number of carbonyl (C=O) groups excluding carboxylic acids is 1. The zero-order valence-electron chi connectivity index (χ0n) is 19.2. The molecule has 1 amide bonds. The SMILES string of the molecule is CCN(Cc1ccccc1)c1ncc(C(=O)NCCOc2ccccc2)c(-c2ccccc2)n1. The van der Waals surface area contributed by atoms with Crippen molar-refractivity contribution in [2.45, 2.75) is 13.5 Å². The van der Waals surface area contributed by atoms with Crippen LogP contribution in [0, 0.1) is 0 Å². The van der Waals surface area contributed by atoms with Crippen molar-refractivity contribution >= 4 is 11.9 Å². The van der Waals surface area contributed by atoms with Crippen molar-refractivity contribution in [1.82, 2.24) is 15.3 Å². The van der Waals surface area contributed by atoms with Crippen LogP contribution in [0.2, 0.25) is 0 Å². The molecule has 0 fully saturated rings. The van der Waals surface area contributed by atoms with E-state index in [0.717, 1.165) is 17.9 Å². The molecule has 4 rings (SSSR count). The first-order valence-corrected chi connectivity index (χ1v) is 11.4. The zero-order valence-corrected chi connectivity index (χ0v) is 19.2. The van der Waals surface area contributed by atoms with Crippen molar-refractivity contribution in [2.24, 2.45) is 0 Å². The lowest BCUT2D eigenvalue weighted by Crippen LogP contribution is -2.30. The first-order chi connectivity index (χ1) is 16.7. The molecule has 4 aromatic rings. The summed E-state index contributed by atoms with van der Waals surface area (Å²) in [6, 6.07) is 29.5. The number of carbonyl (C=O) groups is 1. The van der Waals surface area contributed by atoms with Gasteiger partial charge in [0.05, 0.1) is 17.8 Å². The van der Waals surface area contributed by atoms with Gasteiger partial charge in [-0.2, -0.15) is 0 Å². The average molecular weight is 453 g/mol. The minimum absolute atomic E-state index is 0.229. The minimum Gasteiger partial charge on any atom is -0.492 e. The fourth-order valence-corrected chi connectivity index (χ4v) is 3.58. The Kier molecular flexibility index (Phi) is 7.85. The summed E-state index contributed by atoms with van der Waals surface area (Å²) in [5, 5.41) is 2.92. The van der Waals surface area contributed by atoms with Crippen molar-refractivity contribution in [3.05, 3.63) is 108 Å². The largest absolute Gasteiger partial charge is 0.492 e. The number of benzene rings is 3. The van der Waals surface area contributed by atoms with Crippen LogP contribution in [0.25, 0.3) is 11.3 Å². The van der Waals surface area contributed by atoms with Gasteiger partial charge in [-0.05, 0) is 24.6 Å². The Balaban J connectivity index is 1.52. The molecule has 0 unspecified atom stereocenters. The van der Waals surface area contributed by atoms with E-state index in [1.165, 1.54) is 5.56 Å². The highest BCUT2D eigenvalue weighted by atomic mass is 16.5. The maximum absolute atomic E-state index is 13.0. The smallest absolute Gasteiger partial charge is 0.255 e. The van der Waals surface area contributed by atoms with Gasteiger partial charge in [0, 0.05) is 24.8 Å². The highest BCUT2D eigenvalue weighted by Gasteiger charge is 2.18. The highest BCUT2D eigenvalue weighted by Crippen LogP contribution is 2.24. The van der Waals surface area contributed by atoms with E-state index in [1.54, 1.807) is 6.20 Å². The second kappa shape index (κ2) is 11.6. The normalized spacial score (nSPS) is 10.5. The fourth-order valence-electron chi connectivity index (χ4n) is 3.58. The molecular formula is C28H28N4O2. The molecule has 1 N–H and O–H groups in total. The van der Waals surface area contributed by atoms with Crippen molar-refractivity contribution < 1.29 is 9.53 Å². The Morgan fingerprint density at radius 1 is 0.912 bits per heavy atom. The van der Waals surface area contributed by atoms with Gasteiger partial charge in [-0.3, -0.25) is 4.79 Å². The first kappa shape index (κ1) is 23.0. The number of hydrogen-bond acceptors (Lipinski definition) is 5. The van der Waals surface area contributed by atoms with Crippen LogP contribution in [0.1, 0.15) is 22.8 Å². The van der Waals surface area contributed by atoms with E-state index in [0.29, 0.717) is 36.9 Å². The highest BCUT2D eigenvalue weighted by molar-refractivity contribution is 5.99. The molecule has 3 aromatic carbocycles. The van der Waals surface area contributed by atoms with Gasteiger partial charge >= 0.3 is 0 Å². The summed E-state index contributed by atoms with van der Waals surface area (Å²) in [6.07, 6.45) is 1.62. The summed E-state index contributed by atoms with van der Waals surface area (Å²) in [4.78, 5) is 24.5. The van der Waals surface area contributed by atoms with Crippen LogP contribution in [-0.2, 0) is 6.54 Å². The lowest BCUT2D eigenvalue weighted by molar-refractivity contribution is 0.0947. The molecule has 0 aliphatic heterocycles. The van der Waals surface area contributed by atoms with Crippen molar-refractivity contribution in [1.29, 1.82) is 0 Å². The van der Waals surface area contributed by atoms with E-state index in [9.17, 15) is 4.79 Å². The van der Waals surface area contributed by atoms with Crippen LogP contribution >= 0.6 is 0 Å². The average Bonchev–Trinajstić information content (AvgIpc) is 2.91. The number of nitrogens with one attached hydrogen (secondary N) is 1. The number of rotatable bonds is 10. The summed E-state index contributed by atoms with van der Waals surface area (Å²) in [7, 11) is 0. The molecular weight excluding hydrogens is 424 g/mol. The van der Waals surface area contributed by atoms with Gasteiger partial charge in [0.1, 0.15) is 12.4 Å². The van der Waals surface area contributed by atoms with Gasteiger partial charge in [0.2, 0.25) is 5.95 Å². The van der Waals surface area contributed by atoms with Gasteiger partial charge in [-0.15, -0.1) is 0 Å². The number of aromatic nitrogens is 2. The lowest BCUT2D eigenvalue weighted by Gasteiger charge is -2.22. The number of para-hydroxylation sites is 1. The summed E-state index contributed by atoms with van der Waals surface area (Å²) >= 11 is 0. The van der Waals surface area contributed by atoms with E-state index < -0.39 is 0 Å². The van der Waals surface area contributed by atoms with Gasteiger partial charge in [-0.1, -0.05) is 78.9 Å².